The minimum Gasteiger partial charge on any atom is -0.483 e. The number of halogens is 2. The van der Waals surface area contributed by atoms with Crippen molar-refractivity contribution >= 4 is 39.3 Å². The summed E-state index contributed by atoms with van der Waals surface area (Å²) < 4.78 is 11.5. The van der Waals surface area contributed by atoms with Gasteiger partial charge in [-0.1, -0.05) is 29.8 Å². The summed E-state index contributed by atoms with van der Waals surface area (Å²) in [6.45, 7) is 3.32. The highest BCUT2D eigenvalue weighted by atomic mass is 79.9. The molecule has 0 radical (unpaired) electrons. The predicted molar refractivity (Wildman–Crippen MR) is 102 cm³/mol. The van der Waals surface area contributed by atoms with E-state index in [4.69, 9.17) is 21.1 Å². The molecule has 0 aliphatic heterocycles. The Morgan fingerprint density at radius 2 is 1.58 bits per heavy atom. The maximum atomic E-state index is 11.8. The van der Waals surface area contributed by atoms with Gasteiger partial charge in [0.15, 0.2) is 13.2 Å². The third-order valence-electron chi connectivity index (χ3n) is 3.35. The number of hydrogen-bond donors (Lipinski definition) is 2. The van der Waals surface area contributed by atoms with Gasteiger partial charge in [-0.3, -0.25) is 20.4 Å². The van der Waals surface area contributed by atoms with E-state index in [0.717, 1.165) is 11.1 Å². The van der Waals surface area contributed by atoms with Crippen molar-refractivity contribution in [3.05, 3.63) is 57.0 Å². The Morgan fingerprint density at radius 3 is 2.15 bits per heavy atom. The molecule has 8 heteroatoms. The Labute approximate surface area is 164 Å². The molecular weight excluding hydrogens is 424 g/mol. The second-order valence-corrected chi connectivity index (χ2v) is 6.76. The number of hydrogen-bond acceptors (Lipinski definition) is 4. The highest BCUT2D eigenvalue weighted by Crippen LogP contribution is 2.27. The van der Waals surface area contributed by atoms with Gasteiger partial charge in [0.25, 0.3) is 11.8 Å². The van der Waals surface area contributed by atoms with Crippen molar-refractivity contribution in [3.63, 3.8) is 0 Å². The average Bonchev–Trinajstić information content (AvgIpc) is 2.58. The molecule has 2 amide bonds. The molecule has 0 saturated carbocycles. The third kappa shape index (κ3) is 5.93. The number of carbonyl (C=O) groups excluding carboxylic acids is 2. The highest BCUT2D eigenvalue weighted by molar-refractivity contribution is 9.10. The number of hydrazine groups is 1. The van der Waals surface area contributed by atoms with Gasteiger partial charge in [-0.2, -0.15) is 0 Å². The van der Waals surface area contributed by atoms with E-state index in [1.165, 1.54) is 0 Å². The van der Waals surface area contributed by atoms with E-state index in [0.29, 0.717) is 21.0 Å². The Hall–Kier alpha value is -2.25. The van der Waals surface area contributed by atoms with E-state index >= 15 is 0 Å². The SMILES string of the molecule is Cc1cccc(C)c1OCC(=O)NNC(=O)COc1ccc(Cl)cc1Br. The summed E-state index contributed by atoms with van der Waals surface area (Å²) >= 11 is 9.12. The van der Waals surface area contributed by atoms with Gasteiger partial charge in [0, 0.05) is 5.02 Å². The van der Waals surface area contributed by atoms with Crippen LogP contribution in [0.3, 0.4) is 0 Å². The van der Waals surface area contributed by atoms with Crippen molar-refractivity contribution in [2.45, 2.75) is 13.8 Å². The maximum Gasteiger partial charge on any atom is 0.276 e. The molecule has 0 unspecified atom stereocenters. The number of ether oxygens (including phenoxy) is 2. The van der Waals surface area contributed by atoms with E-state index in [9.17, 15) is 9.59 Å². The standard InChI is InChI=1S/C18H18BrClN2O4/c1-11-4-3-5-12(2)18(11)26-10-17(24)22-21-16(23)9-25-15-7-6-13(20)8-14(15)19/h3-8H,9-10H2,1-2H3,(H,21,23)(H,22,24). The largest absolute Gasteiger partial charge is 0.483 e. The van der Waals surface area contributed by atoms with Crippen LogP contribution in [0.4, 0.5) is 0 Å². The van der Waals surface area contributed by atoms with E-state index in [1.54, 1.807) is 18.2 Å². The number of nitrogens with one attached hydrogen (secondary N) is 2. The van der Waals surface area contributed by atoms with Crippen LogP contribution in [-0.2, 0) is 9.59 Å². The first-order valence-electron chi connectivity index (χ1n) is 7.71. The molecule has 0 bridgehead atoms. The molecular formula is C18H18BrClN2O4. The number of aryl methyl sites for hydroxylation is 2. The zero-order valence-corrected chi connectivity index (χ0v) is 16.6. The van der Waals surface area contributed by atoms with Crippen LogP contribution in [0.1, 0.15) is 11.1 Å². The van der Waals surface area contributed by atoms with Crippen molar-refractivity contribution in [1.29, 1.82) is 0 Å². The van der Waals surface area contributed by atoms with Gasteiger partial charge in [-0.05, 0) is 59.1 Å². The molecule has 2 aromatic carbocycles. The molecule has 6 nitrogen and oxygen atoms in total. The third-order valence-corrected chi connectivity index (χ3v) is 4.21. The van der Waals surface area contributed by atoms with Gasteiger partial charge in [-0.15, -0.1) is 0 Å². The van der Waals surface area contributed by atoms with E-state index < -0.39 is 11.8 Å². The fourth-order valence-electron chi connectivity index (χ4n) is 2.11. The fourth-order valence-corrected chi connectivity index (χ4v) is 2.91. The van der Waals surface area contributed by atoms with Crippen LogP contribution in [0.5, 0.6) is 11.5 Å². The summed E-state index contributed by atoms with van der Waals surface area (Å²) in [5.41, 5.74) is 6.41. The van der Waals surface area contributed by atoms with Crippen LogP contribution in [0.15, 0.2) is 40.9 Å². The van der Waals surface area contributed by atoms with Gasteiger partial charge < -0.3 is 9.47 Å². The number of para-hydroxylation sites is 1. The molecule has 0 aliphatic carbocycles. The summed E-state index contributed by atoms with van der Waals surface area (Å²) in [6, 6.07) is 10.6. The first-order valence-corrected chi connectivity index (χ1v) is 8.88. The second kappa shape index (κ2) is 9.45. The van der Waals surface area contributed by atoms with E-state index in [-0.39, 0.29) is 13.2 Å². The van der Waals surface area contributed by atoms with Gasteiger partial charge in [0.2, 0.25) is 0 Å². The predicted octanol–water partition coefficient (Wildman–Crippen LogP) is 3.32. The van der Waals surface area contributed by atoms with Gasteiger partial charge in [0.1, 0.15) is 11.5 Å². The van der Waals surface area contributed by atoms with Crippen molar-refractivity contribution in [1.82, 2.24) is 10.9 Å². The Balaban J connectivity index is 1.74. The number of rotatable bonds is 6. The normalized spacial score (nSPS) is 10.2. The van der Waals surface area contributed by atoms with E-state index in [1.807, 2.05) is 32.0 Å². The summed E-state index contributed by atoms with van der Waals surface area (Å²) in [4.78, 5) is 23.5. The molecule has 0 aromatic heterocycles. The quantitative estimate of drug-likeness (QED) is 0.674. The van der Waals surface area contributed by atoms with Crippen molar-refractivity contribution in [2.75, 3.05) is 13.2 Å². The molecule has 138 valence electrons. The lowest BCUT2D eigenvalue weighted by molar-refractivity contribution is -0.131. The number of benzene rings is 2. The minimum atomic E-state index is -0.507. The fraction of sp³-hybridized carbons (Fsp3) is 0.222. The highest BCUT2D eigenvalue weighted by Gasteiger charge is 2.10. The lowest BCUT2D eigenvalue weighted by Gasteiger charge is -2.13. The molecule has 2 N–H and O–H groups in total. The lowest BCUT2D eigenvalue weighted by Crippen LogP contribution is -2.45. The Morgan fingerprint density at radius 1 is 1.00 bits per heavy atom. The van der Waals surface area contributed by atoms with Crippen LogP contribution in [0, 0.1) is 13.8 Å². The molecule has 0 saturated heterocycles. The first kappa shape index (κ1) is 20.1. The van der Waals surface area contributed by atoms with Crippen molar-refractivity contribution in [3.8, 4) is 11.5 Å². The van der Waals surface area contributed by atoms with Gasteiger partial charge in [0.05, 0.1) is 4.47 Å². The lowest BCUT2D eigenvalue weighted by atomic mass is 10.1. The van der Waals surface area contributed by atoms with Crippen LogP contribution >= 0.6 is 27.5 Å². The minimum absolute atomic E-state index is 0.213. The average molecular weight is 442 g/mol. The molecule has 0 atom stereocenters. The van der Waals surface area contributed by atoms with Crippen molar-refractivity contribution in [2.24, 2.45) is 0 Å². The molecule has 0 fully saturated rings. The monoisotopic (exact) mass is 440 g/mol. The summed E-state index contributed by atoms with van der Waals surface area (Å²) in [7, 11) is 0. The zero-order chi connectivity index (χ0) is 19.1. The van der Waals surface area contributed by atoms with Gasteiger partial charge >= 0.3 is 0 Å². The zero-order valence-electron chi connectivity index (χ0n) is 14.3. The van der Waals surface area contributed by atoms with Crippen LogP contribution in [-0.4, -0.2) is 25.0 Å². The van der Waals surface area contributed by atoms with Crippen LogP contribution < -0.4 is 20.3 Å². The Bertz CT molecular complexity index is 794. The molecule has 0 aliphatic rings. The van der Waals surface area contributed by atoms with Gasteiger partial charge in [-0.25, -0.2) is 0 Å². The molecule has 2 aromatic rings. The number of amides is 2. The molecule has 26 heavy (non-hydrogen) atoms. The molecule has 0 heterocycles. The summed E-state index contributed by atoms with van der Waals surface area (Å²) in [6.07, 6.45) is 0. The first-order chi connectivity index (χ1) is 12.4. The van der Waals surface area contributed by atoms with E-state index in [2.05, 4.69) is 26.8 Å². The van der Waals surface area contributed by atoms with Crippen molar-refractivity contribution < 1.29 is 19.1 Å². The molecule has 0 spiro atoms. The topological polar surface area (TPSA) is 76.7 Å². The van der Waals surface area contributed by atoms with Crippen LogP contribution in [0.25, 0.3) is 0 Å². The van der Waals surface area contributed by atoms with Crippen LogP contribution in [0.2, 0.25) is 5.02 Å². The smallest absolute Gasteiger partial charge is 0.276 e. The molecule has 2 rings (SSSR count). The summed E-state index contributed by atoms with van der Waals surface area (Å²) in [5, 5.41) is 0.546. The number of carbonyl (C=O) groups is 2. The summed E-state index contributed by atoms with van der Waals surface area (Å²) in [5.74, 6) is 0.139. The maximum absolute atomic E-state index is 11.8. The Kier molecular flexibility index (Phi) is 7.29. The second-order valence-electron chi connectivity index (χ2n) is 5.47.